The van der Waals surface area contributed by atoms with E-state index in [1.165, 1.54) is 10.4 Å². The van der Waals surface area contributed by atoms with Gasteiger partial charge in [0, 0.05) is 15.2 Å². The van der Waals surface area contributed by atoms with Crippen molar-refractivity contribution in [2.45, 2.75) is 116 Å². The van der Waals surface area contributed by atoms with Crippen LogP contribution in [-0.4, -0.2) is 42.1 Å². The summed E-state index contributed by atoms with van der Waals surface area (Å²) in [5, 5.41) is 16.1. The normalized spacial score (nSPS) is 12.8. The fourth-order valence-electron chi connectivity index (χ4n) is 4.81. The lowest BCUT2D eigenvalue weighted by Crippen LogP contribution is -2.25. The van der Waals surface area contributed by atoms with Crippen LogP contribution in [0.3, 0.4) is 0 Å². The Labute approximate surface area is 295 Å². The zero-order chi connectivity index (χ0) is 36.2. The van der Waals surface area contributed by atoms with Gasteiger partial charge in [0.15, 0.2) is 6.73 Å². The topological polar surface area (TPSA) is 117 Å². The molecule has 0 radical (unpaired) electrons. The SMILES string of the molecule is CC(C)c1ccc(CC(=O)Nc2cc(-c3ccccc3-c3nnn(COP(=O)(OC(C)(C)C)OC(C)(C)C)n3)ccc2SC(C)(C)C)cc1. The molecular weight excluding hydrogens is 657 g/mol. The molecule has 1 heterocycles. The molecule has 0 saturated carbocycles. The Bertz CT molecular complexity index is 1770. The molecule has 12 heteroatoms. The maximum absolute atomic E-state index is 13.5. The Morgan fingerprint density at radius 3 is 2.06 bits per heavy atom. The Morgan fingerprint density at radius 2 is 1.49 bits per heavy atom. The largest absolute Gasteiger partial charge is 0.477 e. The van der Waals surface area contributed by atoms with E-state index in [9.17, 15) is 9.36 Å². The predicted molar refractivity (Wildman–Crippen MR) is 198 cm³/mol. The highest BCUT2D eigenvalue weighted by molar-refractivity contribution is 8.00. The molecule has 49 heavy (non-hydrogen) atoms. The van der Waals surface area contributed by atoms with Crippen LogP contribution in [0.1, 0.15) is 93.2 Å². The lowest BCUT2D eigenvalue weighted by molar-refractivity contribution is -0.115. The van der Waals surface area contributed by atoms with Crippen LogP contribution in [0, 0.1) is 0 Å². The van der Waals surface area contributed by atoms with Gasteiger partial charge < -0.3 is 5.32 Å². The molecule has 0 saturated heterocycles. The van der Waals surface area contributed by atoms with Crippen molar-refractivity contribution in [1.82, 2.24) is 20.2 Å². The third-order valence-corrected chi connectivity index (χ3v) is 9.88. The van der Waals surface area contributed by atoms with Gasteiger partial charge in [0.25, 0.3) is 0 Å². The van der Waals surface area contributed by atoms with Crippen LogP contribution in [0.4, 0.5) is 5.69 Å². The predicted octanol–water partition coefficient (Wildman–Crippen LogP) is 9.91. The highest BCUT2D eigenvalue weighted by Crippen LogP contribution is 2.55. The highest BCUT2D eigenvalue weighted by atomic mass is 32.2. The Hall–Kier alpha value is -3.34. The number of thioether (sulfide) groups is 1. The van der Waals surface area contributed by atoms with E-state index in [0.29, 0.717) is 11.7 Å². The maximum Gasteiger partial charge on any atom is 0.477 e. The minimum atomic E-state index is -3.98. The van der Waals surface area contributed by atoms with Crippen molar-refractivity contribution in [3.05, 3.63) is 77.9 Å². The van der Waals surface area contributed by atoms with Gasteiger partial charge in [-0.1, -0.05) is 89.2 Å². The fraction of sp³-hybridized carbons (Fsp3) is 0.459. The van der Waals surface area contributed by atoms with Crippen molar-refractivity contribution >= 4 is 31.2 Å². The Balaban J connectivity index is 1.60. The van der Waals surface area contributed by atoms with E-state index in [0.717, 1.165) is 32.8 Å². The van der Waals surface area contributed by atoms with Crippen molar-refractivity contribution in [2.24, 2.45) is 0 Å². The van der Waals surface area contributed by atoms with Crippen LogP contribution in [0.25, 0.3) is 22.5 Å². The van der Waals surface area contributed by atoms with Gasteiger partial charge >= 0.3 is 7.82 Å². The van der Waals surface area contributed by atoms with Gasteiger partial charge in [-0.25, -0.2) is 4.57 Å². The zero-order valence-corrected chi connectivity index (χ0v) is 32.2. The van der Waals surface area contributed by atoms with E-state index in [2.05, 4.69) is 67.5 Å². The lowest BCUT2D eigenvalue weighted by atomic mass is 9.98. The number of amides is 1. The Kier molecular flexibility index (Phi) is 12.0. The number of hydrogen-bond acceptors (Lipinski definition) is 9. The highest BCUT2D eigenvalue weighted by Gasteiger charge is 2.37. The molecule has 0 aliphatic heterocycles. The van der Waals surface area contributed by atoms with Crippen molar-refractivity contribution in [3.63, 3.8) is 0 Å². The van der Waals surface area contributed by atoms with E-state index >= 15 is 0 Å². The molecule has 4 aromatic rings. The Morgan fingerprint density at radius 1 is 0.878 bits per heavy atom. The van der Waals surface area contributed by atoms with Crippen LogP contribution in [-0.2, 0) is 36.1 Å². The van der Waals surface area contributed by atoms with Crippen molar-refractivity contribution in [3.8, 4) is 22.5 Å². The minimum Gasteiger partial charge on any atom is -0.325 e. The summed E-state index contributed by atoms with van der Waals surface area (Å²) in [4.78, 5) is 15.5. The third-order valence-electron chi connectivity index (χ3n) is 6.72. The van der Waals surface area contributed by atoms with Gasteiger partial charge in [0.05, 0.1) is 23.3 Å². The van der Waals surface area contributed by atoms with E-state index in [1.807, 2.05) is 54.6 Å². The van der Waals surface area contributed by atoms with E-state index in [-0.39, 0.29) is 23.8 Å². The second kappa shape index (κ2) is 15.3. The van der Waals surface area contributed by atoms with Crippen LogP contribution in [0.2, 0.25) is 0 Å². The number of phosphoric ester groups is 1. The third kappa shape index (κ3) is 11.9. The number of tetrazole rings is 1. The number of carbonyl (C=O) groups is 1. The molecule has 0 atom stereocenters. The molecule has 0 bridgehead atoms. The summed E-state index contributed by atoms with van der Waals surface area (Å²) in [7, 11) is -3.98. The molecule has 0 unspecified atom stereocenters. The molecule has 0 aliphatic carbocycles. The van der Waals surface area contributed by atoms with Crippen molar-refractivity contribution in [1.29, 1.82) is 0 Å². The second-order valence-electron chi connectivity index (χ2n) is 15.2. The van der Waals surface area contributed by atoms with Gasteiger partial charge in [-0.3, -0.25) is 18.4 Å². The summed E-state index contributed by atoms with van der Waals surface area (Å²) in [6.07, 6.45) is 0.266. The van der Waals surface area contributed by atoms with E-state index < -0.39 is 19.0 Å². The molecule has 10 nitrogen and oxygen atoms in total. The summed E-state index contributed by atoms with van der Waals surface area (Å²) in [6.45, 7) is 21.1. The first-order chi connectivity index (χ1) is 22.7. The van der Waals surface area contributed by atoms with E-state index in [1.54, 1.807) is 53.3 Å². The van der Waals surface area contributed by atoms with Crippen LogP contribution in [0.5, 0.6) is 0 Å². The molecule has 1 N–H and O–H groups in total. The maximum atomic E-state index is 13.5. The van der Waals surface area contributed by atoms with Crippen molar-refractivity contribution < 1.29 is 22.9 Å². The summed E-state index contributed by atoms with van der Waals surface area (Å²) in [5.74, 6) is 0.690. The molecule has 0 fully saturated rings. The zero-order valence-electron chi connectivity index (χ0n) is 30.5. The smallest absolute Gasteiger partial charge is 0.325 e. The van der Waals surface area contributed by atoms with Gasteiger partial charge in [-0.2, -0.15) is 0 Å². The van der Waals surface area contributed by atoms with Gasteiger partial charge in [0.2, 0.25) is 11.7 Å². The van der Waals surface area contributed by atoms with Crippen molar-refractivity contribution in [2.75, 3.05) is 5.32 Å². The summed E-state index contributed by atoms with van der Waals surface area (Å²) >= 11 is 1.69. The van der Waals surface area contributed by atoms with Crippen LogP contribution >= 0.6 is 19.6 Å². The number of anilines is 1. The average Bonchev–Trinajstić information content (AvgIpc) is 3.44. The molecule has 264 valence electrons. The number of hydrogen-bond donors (Lipinski definition) is 1. The standard InChI is InChI=1S/C37H50N5O5PS/c1-25(2)27-18-16-26(17-19-27)22-33(43)38-31-23-28(20-21-32(31)49-37(9,10)11)29-14-12-13-15-30(29)34-39-41-42(40-34)24-45-48(44,46-35(3,4)5)47-36(6,7)8/h12-21,23,25H,22,24H2,1-11H3,(H,38,43). The number of phosphoric acid groups is 1. The monoisotopic (exact) mass is 707 g/mol. The summed E-state index contributed by atoms with van der Waals surface area (Å²) in [6, 6.07) is 22.0. The first kappa shape index (κ1) is 38.5. The first-order valence-corrected chi connectivity index (χ1v) is 18.7. The lowest BCUT2D eigenvalue weighted by Gasteiger charge is -2.30. The molecule has 0 spiro atoms. The molecule has 1 amide bonds. The molecule has 3 aromatic carbocycles. The molecular formula is C37H50N5O5PS. The number of nitrogens with zero attached hydrogens (tertiary/aromatic N) is 4. The fourth-order valence-corrected chi connectivity index (χ4v) is 7.56. The minimum absolute atomic E-state index is 0.0735. The number of benzene rings is 3. The van der Waals surface area contributed by atoms with Gasteiger partial charge in [-0.05, 0) is 87.1 Å². The molecule has 4 rings (SSSR count). The van der Waals surface area contributed by atoms with Gasteiger partial charge in [0.1, 0.15) is 0 Å². The molecule has 1 aromatic heterocycles. The van der Waals surface area contributed by atoms with E-state index in [4.69, 9.17) is 13.6 Å². The first-order valence-electron chi connectivity index (χ1n) is 16.4. The number of rotatable bonds is 12. The summed E-state index contributed by atoms with van der Waals surface area (Å²) < 4.78 is 30.5. The average molecular weight is 708 g/mol. The van der Waals surface area contributed by atoms with Crippen LogP contribution < -0.4 is 5.32 Å². The summed E-state index contributed by atoms with van der Waals surface area (Å²) in [5.41, 5.74) is 3.83. The number of carbonyl (C=O) groups excluding carboxylic acids is 1. The second-order valence-corrected chi connectivity index (χ2v) is 18.6. The number of nitrogens with one attached hydrogen (secondary N) is 1. The number of aromatic nitrogens is 4. The quantitative estimate of drug-likeness (QED) is 0.113. The van der Waals surface area contributed by atoms with Gasteiger partial charge in [-0.15, -0.1) is 26.8 Å². The van der Waals surface area contributed by atoms with Crippen LogP contribution in [0.15, 0.2) is 71.6 Å². The molecule has 0 aliphatic rings.